The molecule has 0 aromatic heterocycles. The first kappa shape index (κ1) is 18.1. The quantitative estimate of drug-likeness (QED) is 0.598. The van der Waals surface area contributed by atoms with Gasteiger partial charge >= 0.3 is 11.9 Å². The number of allylic oxidation sites excluding steroid dienone is 1. The number of carboxylic acid groups (broad SMARTS) is 2. The molecule has 134 valence electrons. The van der Waals surface area contributed by atoms with Crippen molar-refractivity contribution in [3.63, 3.8) is 0 Å². The molecule has 0 amide bonds. The topological polar surface area (TPSA) is 74.6 Å². The number of rotatable bonds is 6. The lowest BCUT2D eigenvalue weighted by molar-refractivity contribution is 0.0651. The molecule has 0 bridgehead atoms. The molecule has 3 aromatic carbocycles. The number of carbonyl (C=O) groups is 2. The minimum atomic E-state index is -1.27. The SMILES string of the molecule is C=CCc1c(C(=O)O)c(C(=O)O)cc(-c2ccccc2)c1-c1ccccc1. The van der Waals surface area contributed by atoms with Crippen molar-refractivity contribution in [2.24, 2.45) is 0 Å². The van der Waals surface area contributed by atoms with E-state index in [4.69, 9.17) is 0 Å². The lowest BCUT2D eigenvalue weighted by Gasteiger charge is -2.19. The molecule has 4 heteroatoms. The Hall–Kier alpha value is -3.66. The lowest BCUT2D eigenvalue weighted by atomic mass is 9.84. The molecule has 0 heterocycles. The molecule has 0 saturated carbocycles. The molecule has 0 aliphatic rings. The summed E-state index contributed by atoms with van der Waals surface area (Å²) in [6, 6.07) is 20.2. The van der Waals surface area contributed by atoms with Crippen LogP contribution in [0.2, 0.25) is 0 Å². The highest BCUT2D eigenvalue weighted by Crippen LogP contribution is 2.39. The second-order valence-corrected chi connectivity index (χ2v) is 6.04. The Morgan fingerprint density at radius 1 is 0.852 bits per heavy atom. The van der Waals surface area contributed by atoms with E-state index in [9.17, 15) is 19.8 Å². The van der Waals surface area contributed by atoms with Crippen molar-refractivity contribution in [1.82, 2.24) is 0 Å². The molecule has 0 aliphatic heterocycles. The summed E-state index contributed by atoms with van der Waals surface area (Å²) in [5, 5.41) is 19.4. The summed E-state index contributed by atoms with van der Waals surface area (Å²) in [6.45, 7) is 3.73. The zero-order valence-electron chi connectivity index (χ0n) is 14.6. The first-order valence-corrected chi connectivity index (χ1v) is 8.42. The molecule has 0 spiro atoms. The van der Waals surface area contributed by atoms with Crippen LogP contribution in [-0.4, -0.2) is 22.2 Å². The fourth-order valence-electron chi connectivity index (χ4n) is 3.28. The molecule has 0 radical (unpaired) electrons. The molecule has 4 nitrogen and oxygen atoms in total. The zero-order chi connectivity index (χ0) is 19.4. The molecule has 0 unspecified atom stereocenters. The fourth-order valence-corrected chi connectivity index (χ4v) is 3.28. The monoisotopic (exact) mass is 358 g/mol. The van der Waals surface area contributed by atoms with Crippen molar-refractivity contribution >= 4 is 11.9 Å². The van der Waals surface area contributed by atoms with Crippen LogP contribution < -0.4 is 0 Å². The van der Waals surface area contributed by atoms with E-state index >= 15 is 0 Å². The number of benzene rings is 3. The second-order valence-electron chi connectivity index (χ2n) is 6.04. The number of carboxylic acids is 2. The lowest BCUT2D eigenvalue weighted by Crippen LogP contribution is -2.13. The third kappa shape index (κ3) is 3.51. The van der Waals surface area contributed by atoms with Crippen LogP contribution in [0.4, 0.5) is 0 Å². The number of hydrogen-bond donors (Lipinski definition) is 2. The van der Waals surface area contributed by atoms with Crippen molar-refractivity contribution in [3.8, 4) is 22.3 Å². The molecular weight excluding hydrogens is 340 g/mol. The number of aromatic carboxylic acids is 2. The van der Waals surface area contributed by atoms with Crippen molar-refractivity contribution in [1.29, 1.82) is 0 Å². The van der Waals surface area contributed by atoms with E-state index in [0.717, 1.165) is 11.1 Å². The maximum atomic E-state index is 12.0. The van der Waals surface area contributed by atoms with Gasteiger partial charge in [-0.15, -0.1) is 6.58 Å². The highest BCUT2D eigenvalue weighted by molar-refractivity contribution is 6.07. The Balaban J connectivity index is 2.50. The van der Waals surface area contributed by atoms with Gasteiger partial charge in [0.1, 0.15) is 0 Å². The summed E-state index contributed by atoms with van der Waals surface area (Å²) in [7, 11) is 0. The van der Waals surface area contributed by atoms with E-state index in [2.05, 4.69) is 6.58 Å². The molecule has 0 saturated heterocycles. The summed E-state index contributed by atoms with van der Waals surface area (Å²) < 4.78 is 0. The smallest absolute Gasteiger partial charge is 0.336 e. The second kappa shape index (κ2) is 7.70. The molecule has 27 heavy (non-hydrogen) atoms. The largest absolute Gasteiger partial charge is 0.478 e. The van der Waals surface area contributed by atoms with E-state index in [1.165, 1.54) is 6.07 Å². The minimum absolute atomic E-state index is 0.194. The summed E-state index contributed by atoms with van der Waals surface area (Å²) in [5.74, 6) is -2.53. The van der Waals surface area contributed by atoms with Gasteiger partial charge in [0.15, 0.2) is 0 Å². The van der Waals surface area contributed by atoms with Crippen molar-refractivity contribution in [2.45, 2.75) is 6.42 Å². The van der Waals surface area contributed by atoms with E-state index in [-0.39, 0.29) is 17.5 Å². The summed E-state index contributed by atoms with van der Waals surface area (Å²) in [5.41, 5.74) is 3.07. The van der Waals surface area contributed by atoms with Gasteiger partial charge in [0.25, 0.3) is 0 Å². The van der Waals surface area contributed by atoms with Crippen LogP contribution in [-0.2, 0) is 6.42 Å². The Morgan fingerprint density at radius 2 is 1.41 bits per heavy atom. The summed E-state index contributed by atoms with van der Waals surface area (Å²) in [6.07, 6.45) is 1.83. The van der Waals surface area contributed by atoms with Gasteiger partial charge in [0, 0.05) is 0 Å². The maximum absolute atomic E-state index is 12.0. The van der Waals surface area contributed by atoms with E-state index in [1.54, 1.807) is 6.08 Å². The highest BCUT2D eigenvalue weighted by atomic mass is 16.4. The van der Waals surface area contributed by atoms with E-state index in [0.29, 0.717) is 16.7 Å². The van der Waals surface area contributed by atoms with Crippen molar-refractivity contribution in [2.75, 3.05) is 0 Å². The minimum Gasteiger partial charge on any atom is -0.478 e. The predicted molar refractivity (Wildman–Crippen MR) is 105 cm³/mol. The van der Waals surface area contributed by atoms with Gasteiger partial charge in [-0.25, -0.2) is 9.59 Å². The van der Waals surface area contributed by atoms with Gasteiger partial charge in [-0.05, 0) is 40.3 Å². The van der Waals surface area contributed by atoms with E-state index in [1.807, 2.05) is 60.7 Å². The summed E-state index contributed by atoms with van der Waals surface area (Å²) in [4.78, 5) is 23.8. The highest BCUT2D eigenvalue weighted by Gasteiger charge is 2.26. The molecule has 0 aliphatic carbocycles. The first-order chi connectivity index (χ1) is 13.0. The standard InChI is InChI=1S/C23H18O4/c1-2-9-17-20(16-12-7-4-8-13-16)18(15-10-5-3-6-11-15)14-19(22(24)25)21(17)23(26)27/h2-8,10-14H,1,9H2,(H,24,25)(H,26,27). The molecule has 0 atom stereocenters. The van der Waals surface area contributed by atoms with Crippen LogP contribution in [0.15, 0.2) is 79.4 Å². The molecular formula is C23H18O4. The van der Waals surface area contributed by atoms with Gasteiger partial charge in [0.2, 0.25) is 0 Å². The van der Waals surface area contributed by atoms with Crippen molar-refractivity contribution < 1.29 is 19.8 Å². The molecule has 0 fully saturated rings. The van der Waals surface area contributed by atoms with Gasteiger partial charge in [-0.2, -0.15) is 0 Å². The van der Waals surface area contributed by atoms with Crippen LogP contribution in [0, 0.1) is 0 Å². The van der Waals surface area contributed by atoms with Gasteiger partial charge in [-0.1, -0.05) is 66.7 Å². The third-order valence-corrected chi connectivity index (χ3v) is 4.37. The van der Waals surface area contributed by atoms with Gasteiger partial charge < -0.3 is 10.2 Å². The van der Waals surface area contributed by atoms with Crippen LogP contribution in [0.5, 0.6) is 0 Å². The maximum Gasteiger partial charge on any atom is 0.336 e. The summed E-state index contributed by atoms with van der Waals surface area (Å²) >= 11 is 0. The Kier molecular flexibility index (Phi) is 5.18. The van der Waals surface area contributed by atoms with Gasteiger partial charge in [-0.3, -0.25) is 0 Å². The Labute approximate surface area is 157 Å². The van der Waals surface area contributed by atoms with Crippen LogP contribution in [0.1, 0.15) is 26.3 Å². The fraction of sp³-hybridized carbons (Fsp3) is 0.0435. The van der Waals surface area contributed by atoms with E-state index < -0.39 is 11.9 Å². The van der Waals surface area contributed by atoms with Crippen LogP contribution >= 0.6 is 0 Å². The Morgan fingerprint density at radius 3 is 1.89 bits per heavy atom. The average Bonchev–Trinajstić information content (AvgIpc) is 2.68. The first-order valence-electron chi connectivity index (χ1n) is 8.42. The molecule has 2 N–H and O–H groups in total. The molecule has 3 rings (SSSR count). The van der Waals surface area contributed by atoms with Crippen LogP contribution in [0.25, 0.3) is 22.3 Å². The zero-order valence-corrected chi connectivity index (χ0v) is 14.6. The third-order valence-electron chi connectivity index (χ3n) is 4.37. The predicted octanol–water partition coefficient (Wildman–Crippen LogP) is 5.15. The van der Waals surface area contributed by atoms with Crippen molar-refractivity contribution in [3.05, 3.63) is 96.1 Å². The van der Waals surface area contributed by atoms with Gasteiger partial charge in [0.05, 0.1) is 11.1 Å². The molecule has 3 aromatic rings. The Bertz CT molecular complexity index is 1010. The normalized spacial score (nSPS) is 10.4. The van der Waals surface area contributed by atoms with Crippen LogP contribution in [0.3, 0.4) is 0 Å². The number of hydrogen-bond acceptors (Lipinski definition) is 2. The average molecular weight is 358 g/mol.